The lowest BCUT2D eigenvalue weighted by Gasteiger charge is -2.08. The Morgan fingerprint density at radius 3 is 2.27 bits per heavy atom. The molecule has 2 amide bonds. The molecule has 0 unspecified atom stereocenters. The zero-order valence-electron chi connectivity index (χ0n) is 15.2. The fraction of sp³-hybridized carbons (Fsp3) is 0.238. The lowest BCUT2D eigenvalue weighted by atomic mass is 10.1. The second kappa shape index (κ2) is 7.44. The normalized spacial score (nSPS) is 10.9. The number of H-pyrrole nitrogens is 1. The molecule has 0 radical (unpaired) electrons. The molecule has 134 valence electrons. The minimum atomic E-state index is -0.199. The number of hydrogen-bond donors (Lipinski definition) is 3. The maximum atomic E-state index is 12.4. The van der Waals surface area contributed by atoms with Gasteiger partial charge < -0.3 is 15.6 Å². The quantitative estimate of drug-likeness (QED) is 0.624. The van der Waals surface area contributed by atoms with Crippen LogP contribution in [0.4, 0.5) is 11.4 Å². The van der Waals surface area contributed by atoms with Crippen LogP contribution in [0.25, 0.3) is 10.9 Å². The zero-order valence-corrected chi connectivity index (χ0v) is 15.2. The summed E-state index contributed by atoms with van der Waals surface area (Å²) >= 11 is 0. The molecule has 0 bridgehead atoms. The molecule has 26 heavy (non-hydrogen) atoms. The molecule has 0 aliphatic carbocycles. The maximum Gasteiger partial charge on any atom is 0.272 e. The van der Waals surface area contributed by atoms with Crippen molar-refractivity contribution in [2.75, 3.05) is 10.6 Å². The number of nitrogens with one attached hydrogen (secondary N) is 3. The molecule has 0 fully saturated rings. The van der Waals surface area contributed by atoms with E-state index in [9.17, 15) is 9.59 Å². The Hall–Kier alpha value is -3.08. The Kier molecular flexibility index (Phi) is 5.07. The van der Waals surface area contributed by atoms with E-state index in [1.165, 1.54) is 0 Å². The van der Waals surface area contributed by atoms with Crippen molar-refractivity contribution in [1.82, 2.24) is 4.98 Å². The van der Waals surface area contributed by atoms with Gasteiger partial charge in [0, 0.05) is 28.7 Å². The van der Waals surface area contributed by atoms with E-state index in [0.29, 0.717) is 23.7 Å². The van der Waals surface area contributed by atoms with E-state index in [0.717, 1.165) is 22.2 Å². The third-order valence-corrected chi connectivity index (χ3v) is 4.04. The Balaban J connectivity index is 1.66. The van der Waals surface area contributed by atoms with Crippen molar-refractivity contribution in [1.29, 1.82) is 0 Å². The Morgan fingerprint density at radius 1 is 0.962 bits per heavy atom. The van der Waals surface area contributed by atoms with Gasteiger partial charge in [-0.3, -0.25) is 9.59 Å². The van der Waals surface area contributed by atoms with Gasteiger partial charge in [0.1, 0.15) is 5.69 Å². The van der Waals surface area contributed by atoms with Crippen LogP contribution in [0.1, 0.15) is 36.3 Å². The molecule has 3 rings (SSSR count). The SMILES string of the molecule is Cc1ccc2[nH]c(C(=O)Nc3ccc(NC(=O)CC(C)C)cc3)cc2c1. The predicted molar refractivity (Wildman–Crippen MR) is 106 cm³/mol. The standard InChI is InChI=1S/C21H23N3O2/c1-13(2)10-20(25)22-16-5-7-17(8-6-16)23-21(26)19-12-15-11-14(3)4-9-18(15)24-19/h4-9,11-13,24H,10H2,1-3H3,(H,22,25)(H,23,26). The highest BCUT2D eigenvalue weighted by molar-refractivity contribution is 6.06. The van der Waals surface area contributed by atoms with Gasteiger partial charge in [-0.15, -0.1) is 0 Å². The summed E-state index contributed by atoms with van der Waals surface area (Å²) in [5, 5.41) is 6.73. The lowest BCUT2D eigenvalue weighted by Crippen LogP contribution is -2.14. The van der Waals surface area contributed by atoms with Crippen molar-refractivity contribution >= 4 is 34.1 Å². The first kappa shape index (κ1) is 17.7. The fourth-order valence-electron chi connectivity index (χ4n) is 2.79. The van der Waals surface area contributed by atoms with E-state index < -0.39 is 0 Å². The van der Waals surface area contributed by atoms with Crippen LogP contribution in [0.2, 0.25) is 0 Å². The third kappa shape index (κ3) is 4.30. The van der Waals surface area contributed by atoms with Gasteiger partial charge in [-0.05, 0) is 55.3 Å². The average molecular weight is 349 g/mol. The molecule has 3 N–H and O–H groups in total. The summed E-state index contributed by atoms with van der Waals surface area (Å²) in [6.45, 7) is 6.03. The van der Waals surface area contributed by atoms with Crippen LogP contribution in [0.3, 0.4) is 0 Å². The van der Waals surface area contributed by atoms with Gasteiger partial charge >= 0.3 is 0 Å². The fourth-order valence-corrected chi connectivity index (χ4v) is 2.79. The van der Waals surface area contributed by atoms with Crippen LogP contribution in [0, 0.1) is 12.8 Å². The molecule has 0 spiro atoms. The van der Waals surface area contributed by atoms with E-state index in [4.69, 9.17) is 0 Å². The molecule has 0 saturated heterocycles. The van der Waals surface area contributed by atoms with Crippen LogP contribution < -0.4 is 10.6 Å². The molecule has 1 aromatic heterocycles. The van der Waals surface area contributed by atoms with Gasteiger partial charge in [-0.1, -0.05) is 25.5 Å². The maximum absolute atomic E-state index is 12.4. The van der Waals surface area contributed by atoms with Crippen molar-refractivity contribution < 1.29 is 9.59 Å². The number of benzene rings is 2. The third-order valence-electron chi connectivity index (χ3n) is 4.04. The molecule has 5 nitrogen and oxygen atoms in total. The first-order valence-electron chi connectivity index (χ1n) is 8.71. The molecular weight excluding hydrogens is 326 g/mol. The van der Waals surface area contributed by atoms with E-state index in [1.54, 1.807) is 24.3 Å². The average Bonchev–Trinajstić information content (AvgIpc) is 2.99. The van der Waals surface area contributed by atoms with Gasteiger partial charge in [0.25, 0.3) is 5.91 Å². The van der Waals surface area contributed by atoms with Crippen molar-refractivity contribution in [2.45, 2.75) is 27.2 Å². The predicted octanol–water partition coefficient (Wildman–Crippen LogP) is 4.71. The second-order valence-electron chi connectivity index (χ2n) is 6.95. The minimum Gasteiger partial charge on any atom is -0.351 e. The van der Waals surface area contributed by atoms with Crippen LogP contribution in [0.15, 0.2) is 48.5 Å². The molecule has 1 heterocycles. The van der Waals surface area contributed by atoms with Gasteiger partial charge in [0.15, 0.2) is 0 Å². The summed E-state index contributed by atoms with van der Waals surface area (Å²) in [7, 11) is 0. The first-order valence-corrected chi connectivity index (χ1v) is 8.71. The summed E-state index contributed by atoms with van der Waals surface area (Å²) in [4.78, 5) is 27.4. The van der Waals surface area contributed by atoms with Crippen LogP contribution >= 0.6 is 0 Å². The highest BCUT2D eigenvalue weighted by Gasteiger charge is 2.10. The lowest BCUT2D eigenvalue weighted by molar-refractivity contribution is -0.116. The number of aryl methyl sites for hydroxylation is 1. The molecule has 0 saturated carbocycles. The molecular formula is C21H23N3O2. The first-order chi connectivity index (χ1) is 12.4. The molecule has 5 heteroatoms. The number of fused-ring (bicyclic) bond motifs is 1. The van der Waals surface area contributed by atoms with Crippen molar-refractivity contribution in [2.24, 2.45) is 5.92 Å². The Labute approximate surface area is 152 Å². The molecule has 2 aromatic carbocycles. The topological polar surface area (TPSA) is 74.0 Å². The van der Waals surface area contributed by atoms with Gasteiger partial charge in [0.2, 0.25) is 5.91 Å². The van der Waals surface area contributed by atoms with Crippen molar-refractivity contribution in [3.05, 3.63) is 59.8 Å². The number of hydrogen-bond acceptors (Lipinski definition) is 2. The zero-order chi connectivity index (χ0) is 18.7. The van der Waals surface area contributed by atoms with E-state index in [1.807, 2.05) is 45.0 Å². The summed E-state index contributed by atoms with van der Waals surface area (Å²) in [6, 6.07) is 15.0. The van der Waals surface area contributed by atoms with Crippen LogP contribution in [-0.4, -0.2) is 16.8 Å². The molecule has 0 aliphatic rings. The minimum absolute atomic E-state index is 0.00912. The van der Waals surface area contributed by atoms with Gasteiger partial charge in [-0.25, -0.2) is 0 Å². The molecule has 0 atom stereocenters. The summed E-state index contributed by atoms with van der Waals surface area (Å²) in [5.41, 5.74) is 3.99. The van der Waals surface area contributed by atoms with E-state index in [2.05, 4.69) is 15.6 Å². The highest BCUT2D eigenvalue weighted by atomic mass is 16.2. The van der Waals surface area contributed by atoms with Crippen LogP contribution in [-0.2, 0) is 4.79 Å². The smallest absolute Gasteiger partial charge is 0.272 e. The summed E-state index contributed by atoms with van der Waals surface area (Å²) in [6.07, 6.45) is 0.484. The molecule has 3 aromatic rings. The number of carbonyl (C=O) groups excluding carboxylic acids is 2. The van der Waals surface area contributed by atoms with E-state index >= 15 is 0 Å². The largest absolute Gasteiger partial charge is 0.351 e. The number of aromatic amines is 1. The highest BCUT2D eigenvalue weighted by Crippen LogP contribution is 2.19. The number of rotatable bonds is 5. The van der Waals surface area contributed by atoms with E-state index in [-0.39, 0.29) is 11.8 Å². The van der Waals surface area contributed by atoms with Gasteiger partial charge in [-0.2, -0.15) is 0 Å². The van der Waals surface area contributed by atoms with Crippen molar-refractivity contribution in [3.8, 4) is 0 Å². The second-order valence-corrected chi connectivity index (χ2v) is 6.95. The Bertz CT molecular complexity index is 940. The number of carbonyl (C=O) groups is 2. The monoisotopic (exact) mass is 349 g/mol. The van der Waals surface area contributed by atoms with Crippen LogP contribution in [0.5, 0.6) is 0 Å². The van der Waals surface area contributed by atoms with Crippen molar-refractivity contribution in [3.63, 3.8) is 0 Å². The number of aromatic nitrogens is 1. The summed E-state index contributed by atoms with van der Waals surface area (Å²) in [5.74, 6) is 0.106. The number of amides is 2. The number of anilines is 2. The summed E-state index contributed by atoms with van der Waals surface area (Å²) < 4.78 is 0. The molecule has 0 aliphatic heterocycles. The Morgan fingerprint density at radius 2 is 1.62 bits per heavy atom. The van der Waals surface area contributed by atoms with Gasteiger partial charge in [0.05, 0.1) is 0 Å².